The van der Waals surface area contributed by atoms with Gasteiger partial charge in [-0.2, -0.15) is 5.10 Å². The van der Waals surface area contributed by atoms with Crippen molar-refractivity contribution in [3.8, 4) is 5.69 Å². The number of carbonyl (C=O) groups is 1. The average Bonchev–Trinajstić information content (AvgIpc) is 3.42. The van der Waals surface area contributed by atoms with Crippen LogP contribution in [0.15, 0.2) is 35.1 Å². The second-order valence-corrected chi connectivity index (χ2v) is 7.74. The molecule has 0 bridgehead atoms. The third-order valence-electron chi connectivity index (χ3n) is 5.77. The molecule has 1 amide bonds. The molecule has 1 aliphatic carbocycles. The van der Waals surface area contributed by atoms with Crippen molar-refractivity contribution in [3.05, 3.63) is 46.6 Å². The quantitative estimate of drug-likeness (QED) is 0.803. The number of aryl methyl sites for hydroxylation is 1. The summed E-state index contributed by atoms with van der Waals surface area (Å²) < 4.78 is 8.35. The van der Waals surface area contributed by atoms with E-state index in [1.165, 1.54) is 4.68 Å². The Morgan fingerprint density at radius 1 is 1.30 bits per heavy atom. The Bertz CT molecular complexity index is 882. The highest BCUT2D eigenvalue weighted by Crippen LogP contribution is 2.48. The second-order valence-electron chi connectivity index (χ2n) is 7.74. The fourth-order valence-corrected chi connectivity index (χ4v) is 4.12. The van der Waals surface area contributed by atoms with E-state index in [1.807, 2.05) is 35.2 Å². The van der Waals surface area contributed by atoms with Gasteiger partial charge < -0.3 is 9.64 Å². The monoisotopic (exact) mass is 370 g/mol. The fraction of sp³-hybridized carbons (Fsp3) is 0.550. The maximum atomic E-state index is 13.0. The molecule has 0 unspecified atom stereocenters. The van der Waals surface area contributed by atoms with Crippen molar-refractivity contribution in [2.45, 2.75) is 31.6 Å². The zero-order valence-electron chi connectivity index (χ0n) is 15.9. The van der Waals surface area contributed by atoms with E-state index >= 15 is 0 Å². The van der Waals surface area contributed by atoms with Crippen LogP contribution in [0.2, 0.25) is 0 Å². The first-order valence-electron chi connectivity index (χ1n) is 9.55. The number of piperidine rings is 1. The lowest BCUT2D eigenvalue weighted by molar-refractivity contribution is -0.140. The van der Waals surface area contributed by atoms with Crippen LogP contribution in [0.3, 0.4) is 0 Å². The summed E-state index contributed by atoms with van der Waals surface area (Å²) >= 11 is 0. The maximum Gasteiger partial charge on any atom is 0.350 e. The molecule has 1 aromatic carbocycles. The van der Waals surface area contributed by atoms with E-state index < -0.39 is 0 Å². The number of para-hydroxylation sites is 1. The van der Waals surface area contributed by atoms with Crippen LogP contribution in [0.25, 0.3) is 5.69 Å². The first-order chi connectivity index (χ1) is 13.1. The molecule has 7 nitrogen and oxygen atoms in total. The zero-order chi connectivity index (χ0) is 19.0. The largest absolute Gasteiger partial charge is 0.384 e. The molecule has 0 spiro atoms. The minimum Gasteiger partial charge on any atom is -0.384 e. The number of carbonyl (C=O) groups excluding carboxylic acids is 1. The van der Waals surface area contributed by atoms with E-state index in [2.05, 4.69) is 5.10 Å². The van der Waals surface area contributed by atoms with Crippen molar-refractivity contribution in [2.75, 3.05) is 26.8 Å². The number of nitrogens with zero attached hydrogens (tertiary/aromatic N) is 4. The minimum absolute atomic E-state index is 0.0511. The Hall–Kier alpha value is -2.41. The molecule has 27 heavy (non-hydrogen) atoms. The number of aromatic nitrogens is 3. The Kier molecular flexibility index (Phi) is 4.63. The molecular weight excluding hydrogens is 344 g/mol. The first-order valence-corrected chi connectivity index (χ1v) is 9.55. The predicted molar refractivity (Wildman–Crippen MR) is 101 cm³/mol. The van der Waals surface area contributed by atoms with Crippen molar-refractivity contribution in [3.63, 3.8) is 0 Å². The van der Waals surface area contributed by atoms with Gasteiger partial charge in [0.1, 0.15) is 5.82 Å². The third-order valence-corrected chi connectivity index (χ3v) is 5.77. The SMILES string of the molecule is COCC1(C(=O)N2CCC[C@@H](c3nn(C)c(=O)n3-c3ccccc3)C2)CC1. The van der Waals surface area contributed by atoms with Crippen LogP contribution in [0, 0.1) is 5.41 Å². The maximum absolute atomic E-state index is 13.0. The van der Waals surface area contributed by atoms with Gasteiger partial charge in [-0.3, -0.25) is 4.79 Å². The standard InChI is InChI=1S/C20H26N4O3/c1-22-19(26)24(16-8-4-3-5-9-16)17(21-22)15-7-6-12-23(13-15)18(25)20(10-11-20)14-27-2/h3-5,8-9,15H,6-7,10-14H2,1-2H3/t15-/m1/s1. The summed E-state index contributed by atoms with van der Waals surface area (Å²) in [7, 11) is 3.33. The van der Waals surface area contributed by atoms with Gasteiger partial charge in [-0.25, -0.2) is 14.0 Å². The van der Waals surface area contributed by atoms with Crippen molar-refractivity contribution in [2.24, 2.45) is 12.5 Å². The number of amides is 1. The van der Waals surface area contributed by atoms with Crippen LogP contribution in [0.4, 0.5) is 0 Å². The van der Waals surface area contributed by atoms with Gasteiger partial charge in [0.25, 0.3) is 0 Å². The third kappa shape index (κ3) is 3.20. The number of rotatable bonds is 5. The van der Waals surface area contributed by atoms with Crippen molar-refractivity contribution >= 4 is 5.91 Å². The molecule has 1 aliphatic heterocycles. The van der Waals surface area contributed by atoms with Crippen molar-refractivity contribution in [1.29, 1.82) is 0 Å². The second kappa shape index (κ2) is 6.96. The lowest BCUT2D eigenvalue weighted by Crippen LogP contribution is -2.44. The molecule has 0 radical (unpaired) electrons. The smallest absolute Gasteiger partial charge is 0.350 e. The van der Waals surface area contributed by atoms with E-state index in [0.29, 0.717) is 13.2 Å². The number of methoxy groups -OCH3 is 1. The molecule has 1 saturated carbocycles. The molecule has 2 aliphatic rings. The number of hydrogen-bond donors (Lipinski definition) is 0. The highest BCUT2D eigenvalue weighted by atomic mass is 16.5. The van der Waals surface area contributed by atoms with E-state index in [9.17, 15) is 9.59 Å². The Labute approximate surface area is 158 Å². The number of benzene rings is 1. The number of likely N-dealkylation sites (tertiary alicyclic amines) is 1. The molecular formula is C20H26N4O3. The summed E-state index contributed by atoms with van der Waals surface area (Å²) in [5.41, 5.74) is 0.338. The Balaban J connectivity index is 1.62. The molecule has 1 aromatic heterocycles. The van der Waals surface area contributed by atoms with Gasteiger partial charge in [-0.05, 0) is 37.8 Å². The van der Waals surface area contributed by atoms with Gasteiger partial charge in [-0.15, -0.1) is 0 Å². The van der Waals surface area contributed by atoms with E-state index in [-0.39, 0.29) is 22.9 Å². The van der Waals surface area contributed by atoms with E-state index in [4.69, 9.17) is 4.74 Å². The van der Waals surface area contributed by atoms with E-state index in [1.54, 1.807) is 18.7 Å². The average molecular weight is 370 g/mol. The van der Waals surface area contributed by atoms with Gasteiger partial charge in [0.2, 0.25) is 5.91 Å². The molecule has 1 atom stereocenters. The molecule has 0 N–H and O–H groups in total. The van der Waals surface area contributed by atoms with Gasteiger partial charge in [0, 0.05) is 33.2 Å². The Morgan fingerprint density at radius 2 is 2.04 bits per heavy atom. The molecule has 144 valence electrons. The molecule has 2 fully saturated rings. The van der Waals surface area contributed by atoms with Crippen LogP contribution in [0.1, 0.15) is 37.4 Å². The van der Waals surface area contributed by atoms with Crippen LogP contribution < -0.4 is 5.69 Å². The normalized spacial score (nSPS) is 21.3. The van der Waals surface area contributed by atoms with Crippen LogP contribution >= 0.6 is 0 Å². The lowest BCUT2D eigenvalue weighted by Gasteiger charge is -2.34. The van der Waals surface area contributed by atoms with E-state index in [0.717, 1.165) is 43.7 Å². The van der Waals surface area contributed by atoms with Crippen LogP contribution in [-0.4, -0.2) is 52.0 Å². The fourth-order valence-electron chi connectivity index (χ4n) is 4.12. The molecule has 7 heteroatoms. The minimum atomic E-state index is -0.320. The molecule has 2 aromatic rings. The highest BCUT2D eigenvalue weighted by Gasteiger charge is 2.52. The van der Waals surface area contributed by atoms with Gasteiger partial charge in [0.15, 0.2) is 0 Å². The van der Waals surface area contributed by atoms with Gasteiger partial charge in [0.05, 0.1) is 17.7 Å². The molecule has 2 heterocycles. The molecule has 1 saturated heterocycles. The summed E-state index contributed by atoms with van der Waals surface area (Å²) in [6.07, 6.45) is 3.64. The first kappa shape index (κ1) is 18.0. The Morgan fingerprint density at radius 3 is 2.70 bits per heavy atom. The van der Waals surface area contributed by atoms with Crippen LogP contribution in [0.5, 0.6) is 0 Å². The summed E-state index contributed by atoms with van der Waals surface area (Å²) in [6.45, 7) is 1.86. The van der Waals surface area contributed by atoms with Crippen LogP contribution in [-0.2, 0) is 16.6 Å². The summed E-state index contributed by atoms with van der Waals surface area (Å²) in [5.74, 6) is 0.983. The number of ether oxygens (including phenoxy) is 1. The molecule has 4 rings (SSSR count). The number of hydrogen-bond acceptors (Lipinski definition) is 4. The van der Waals surface area contributed by atoms with Gasteiger partial charge >= 0.3 is 5.69 Å². The van der Waals surface area contributed by atoms with Crippen molar-refractivity contribution < 1.29 is 9.53 Å². The van der Waals surface area contributed by atoms with Gasteiger partial charge in [-0.1, -0.05) is 18.2 Å². The predicted octanol–water partition coefficient (Wildman–Crippen LogP) is 1.70. The lowest BCUT2D eigenvalue weighted by atomic mass is 9.95. The summed E-state index contributed by atoms with van der Waals surface area (Å²) in [4.78, 5) is 27.6. The summed E-state index contributed by atoms with van der Waals surface area (Å²) in [5, 5.41) is 4.52. The van der Waals surface area contributed by atoms with Crippen molar-refractivity contribution in [1.82, 2.24) is 19.2 Å². The zero-order valence-corrected chi connectivity index (χ0v) is 15.9. The highest BCUT2D eigenvalue weighted by molar-refractivity contribution is 5.85. The summed E-state index contributed by atoms with van der Waals surface area (Å²) in [6, 6.07) is 9.58. The topological polar surface area (TPSA) is 69.4 Å².